The number of anilines is 2. The summed E-state index contributed by atoms with van der Waals surface area (Å²) in [4.78, 5) is 4.87. The maximum atomic E-state index is 5.51. The van der Waals surface area contributed by atoms with E-state index in [1.807, 2.05) is 12.1 Å². The van der Waals surface area contributed by atoms with E-state index in [1.54, 1.807) is 7.11 Å². The molecule has 1 heterocycles. The predicted octanol–water partition coefficient (Wildman–Crippen LogP) is 4.69. The monoisotopic (exact) mass is 344 g/mol. The molecule has 1 aliphatic heterocycles. The highest BCUT2D eigenvalue weighted by molar-refractivity contribution is 5.66. The molecule has 0 aliphatic carbocycles. The molecule has 0 saturated carbocycles. The molecule has 3 heteroatoms. The number of rotatable bonds is 4. The summed E-state index contributed by atoms with van der Waals surface area (Å²) in [5.41, 5.74) is 5.01. The van der Waals surface area contributed by atoms with E-state index in [0.29, 0.717) is 0 Å². The van der Waals surface area contributed by atoms with Gasteiger partial charge in [0.15, 0.2) is 0 Å². The average Bonchev–Trinajstić information content (AvgIpc) is 2.74. The van der Waals surface area contributed by atoms with Crippen LogP contribution >= 0.6 is 0 Å². The van der Waals surface area contributed by atoms with Crippen molar-refractivity contribution < 1.29 is 4.74 Å². The minimum atomic E-state index is 0.952. The van der Waals surface area contributed by atoms with Gasteiger partial charge in [0.25, 0.3) is 0 Å². The Morgan fingerprint density at radius 1 is 0.615 bits per heavy atom. The van der Waals surface area contributed by atoms with Crippen LogP contribution in [-0.4, -0.2) is 33.3 Å². The van der Waals surface area contributed by atoms with Crippen molar-refractivity contribution in [1.82, 2.24) is 0 Å². The Labute approximate surface area is 155 Å². The fourth-order valence-electron chi connectivity index (χ4n) is 3.59. The summed E-state index contributed by atoms with van der Waals surface area (Å²) in [6.07, 6.45) is 0. The third-order valence-electron chi connectivity index (χ3n) is 5.05. The number of methoxy groups -OCH3 is 1. The van der Waals surface area contributed by atoms with Gasteiger partial charge >= 0.3 is 0 Å². The summed E-state index contributed by atoms with van der Waals surface area (Å²) in [7, 11) is 1.74. The first kappa shape index (κ1) is 16.5. The van der Waals surface area contributed by atoms with Gasteiger partial charge in [-0.15, -0.1) is 0 Å². The summed E-state index contributed by atoms with van der Waals surface area (Å²) < 4.78 is 5.51. The van der Waals surface area contributed by atoms with E-state index in [-0.39, 0.29) is 0 Å². The van der Waals surface area contributed by atoms with Crippen molar-refractivity contribution in [2.24, 2.45) is 0 Å². The first-order valence-corrected chi connectivity index (χ1v) is 9.13. The fourth-order valence-corrected chi connectivity index (χ4v) is 3.59. The van der Waals surface area contributed by atoms with Gasteiger partial charge < -0.3 is 14.5 Å². The number of ether oxygens (including phenoxy) is 1. The lowest BCUT2D eigenvalue weighted by atomic mass is 10.1. The Hall–Kier alpha value is -2.94. The Bertz CT molecular complexity index is 838. The maximum absolute atomic E-state index is 5.51. The van der Waals surface area contributed by atoms with E-state index in [0.717, 1.165) is 31.9 Å². The van der Waals surface area contributed by atoms with Crippen LogP contribution in [0.4, 0.5) is 11.4 Å². The highest BCUT2D eigenvalue weighted by Crippen LogP contribution is 2.29. The van der Waals surface area contributed by atoms with Crippen molar-refractivity contribution in [3.8, 4) is 16.9 Å². The zero-order chi connectivity index (χ0) is 17.8. The van der Waals surface area contributed by atoms with E-state index >= 15 is 0 Å². The van der Waals surface area contributed by atoms with E-state index in [1.165, 1.54) is 22.5 Å². The minimum Gasteiger partial charge on any atom is -0.495 e. The lowest BCUT2D eigenvalue weighted by Gasteiger charge is -2.37. The molecule has 0 N–H and O–H groups in total. The maximum Gasteiger partial charge on any atom is 0.142 e. The Morgan fingerprint density at radius 3 is 1.88 bits per heavy atom. The van der Waals surface area contributed by atoms with Crippen LogP contribution in [0.1, 0.15) is 0 Å². The molecule has 0 unspecified atom stereocenters. The van der Waals surface area contributed by atoms with Crippen molar-refractivity contribution in [2.45, 2.75) is 0 Å². The van der Waals surface area contributed by atoms with E-state index in [9.17, 15) is 0 Å². The van der Waals surface area contributed by atoms with Crippen LogP contribution in [0, 0.1) is 0 Å². The van der Waals surface area contributed by atoms with Crippen LogP contribution in [0.5, 0.6) is 5.75 Å². The number of benzene rings is 3. The molecule has 0 aromatic heterocycles. The highest BCUT2D eigenvalue weighted by Gasteiger charge is 2.19. The molecule has 0 atom stereocenters. The predicted molar refractivity (Wildman–Crippen MR) is 109 cm³/mol. The number of nitrogens with zero attached hydrogens (tertiary/aromatic N) is 2. The second-order valence-electron chi connectivity index (χ2n) is 6.56. The molecular formula is C23H24N2O. The molecule has 132 valence electrons. The Morgan fingerprint density at radius 2 is 1.19 bits per heavy atom. The van der Waals surface area contributed by atoms with Crippen molar-refractivity contribution in [2.75, 3.05) is 43.1 Å². The highest BCUT2D eigenvalue weighted by atomic mass is 16.5. The van der Waals surface area contributed by atoms with Gasteiger partial charge in [0.05, 0.1) is 12.8 Å². The number of piperazine rings is 1. The van der Waals surface area contributed by atoms with Crippen LogP contribution in [0.2, 0.25) is 0 Å². The number of para-hydroxylation sites is 2. The van der Waals surface area contributed by atoms with E-state index in [2.05, 4.69) is 76.5 Å². The fraction of sp³-hybridized carbons (Fsp3) is 0.217. The van der Waals surface area contributed by atoms with Gasteiger partial charge in [-0.25, -0.2) is 0 Å². The third-order valence-corrected chi connectivity index (χ3v) is 5.05. The molecular weight excluding hydrogens is 320 g/mol. The first-order valence-electron chi connectivity index (χ1n) is 9.13. The summed E-state index contributed by atoms with van der Waals surface area (Å²) in [6.45, 7) is 4.03. The van der Waals surface area contributed by atoms with Crippen molar-refractivity contribution in [3.63, 3.8) is 0 Å². The SMILES string of the molecule is COc1ccccc1N1CCN(c2ccc(-c3ccccc3)cc2)CC1. The summed E-state index contributed by atoms with van der Waals surface area (Å²) >= 11 is 0. The normalized spacial score (nSPS) is 14.3. The molecule has 3 aromatic rings. The Kier molecular flexibility index (Phi) is 4.78. The molecule has 3 aromatic carbocycles. The molecule has 0 bridgehead atoms. The Balaban J connectivity index is 1.43. The molecule has 1 fully saturated rings. The van der Waals surface area contributed by atoms with Gasteiger partial charge in [-0.05, 0) is 35.4 Å². The topological polar surface area (TPSA) is 15.7 Å². The lowest BCUT2D eigenvalue weighted by Crippen LogP contribution is -2.46. The molecule has 4 rings (SSSR count). The largest absolute Gasteiger partial charge is 0.495 e. The second-order valence-corrected chi connectivity index (χ2v) is 6.56. The molecule has 1 aliphatic rings. The molecule has 0 spiro atoms. The molecule has 26 heavy (non-hydrogen) atoms. The lowest BCUT2D eigenvalue weighted by molar-refractivity contribution is 0.413. The number of hydrogen-bond donors (Lipinski definition) is 0. The van der Waals surface area contributed by atoms with Crippen molar-refractivity contribution in [1.29, 1.82) is 0 Å². The van der Waals surface area contributed by atoms with Crippen LogP contribution in [0.25, 0.3) is 11.1 Å². The van der Waals surface area contributed by atoms with Gasteiger partial charge in [-0.3, -0.25) is 0 Å². The minimum absolute atomic E-state index is 0.952. The average molecular weight is 344 g/mol. The van der Waals surface area contributed by atoms with Gasteiger partial charge in [-0.1, -0.05) is 54.6 Å². The van der Waals surface area contributed by atoms with Gasteiger partial charge in [-0.2, -0.15) is 0 Å². The zero-order valence-electron chi connectivity index (χ0n) is 15.1. The van der Waals surface area contributed by atoms with Crippen LogP contribution in [-0.2, 0) is 0 Å². The molecule has 0 radical (unpaired) electrons. The van der Waals surface area contributed by atoms with Crippen LogP contribution in [0.15, 0.2) is 78.9 Å². The molecule has 3 nitrogen and oxygen atoms in total. The standard InChI is InChI=1S/C23H24N2O/c1-26-23-10-6-5-9-22(23)25-17-15-24(16-18-25)21-13-11-20(12-14-21)19-7-3-2-4-8-19/h2-14H,15-18H2,1H3. The smallest absolute Gasteiger partial charge is 0.142 e. The number of hydrogen-bond acceptors (Lipinski definition) is 3. The quantitative estimate of drug-likeness (QED) is 0.683. The van der Waals surface area contributed by atoms with E-state index < -0.39 is 0 Å². The van der Waals surface area contributed by atoms with Crippen molar-refractivity contribution >= 4 is 11.4 Å². The first-order chi connectivity index (χ1) is 12.8. The second kappa shape index (κ2) is 7.52. The molecule has 0 amide bonds. The van der Waals surface area contributed by atoms with Gasteiger partial charge in [0.2, 0.25) is 0 Å². The third kappa shape index (κ3) is 3.38. The van der Waals surface area contributed by atoms with E-state index in [4.69, 9.17) is 4.74 Å². The summed E-state index contributed by atoms with van der Waals surface area (Å²) in [5.74, 6) is 0.952. The summed E-state index contributed by atoms with van der Waals surface area (Å²) in [5, 5.41) is 0. The van der Waals surface area contributed by atoms with Crippen molar-refractivity contribution in [3.05, 3.63) is 78.9 Å². The van der Waals surface area contributed by atoms with Crippen LogP contribution in [0.3, 0.4) is 0 Å². The van der Waals surface area contributed by atoms with Gasteiger partial charge in [0, 0.05) is 31.9 Å². The summed E-state index contributed by atoms with van der Waals surface area (Å²) in [6, 6.07) is 27.7. The van der Waals surface area contributed by atoms with Crippen LogP contribution < -0.4 is 14.5 Å². The zero-order valence-corrected chi connectivity index (χ0v) is 15.1. The molecule has 1 saturated heterocycles. The van der Waals surface area contributed by atoms with Gasteiger partial charge in [0.1, 0.15) is 5.75 Å².